The van der Waals surface area contributed by atoms with Gasteiger partial charge in [0, 0.05) is 18.2 Å². The standard InChI is InChI=1S/C38H38N2O5/c1-38(2,3)45-37(41)39-24-28-17-19-31(20-18-28)25-42-33-16-10-15-32(23-33)34-21-22-35(43-26-29-11-6-4-7-12-29)40-36(34)44-27-30-13-8-5-9-14-30/h4-23H,24-27H2,1-3H3,(H,39,41). The summed E-state index contributed by atoms with van der Waals surface area (Å²) >= 11 is 0. The molecule has 230 valence electrons. The van der Waals surface area contributed by atoms with Gasteiger partial charge in [0.2, 0.25) is 11.8 Å². The highest BCUT2D eigenvalue weighted by atomic mass is 16.6. The van der Waals surface area contributed by atoms with Crippen molar-refractivity contribution >= 4 is 6.09 Å². The molecular formula is C38H38N2O5. The first kappa shape index (κ1) is 31.1. The third-order valence-electron chi connectivity index (χ3n) is 6.69. The largest absolute Gasteiger partial charge is 0.489 e. The Morgan fingerprint density at radius 1 is 0.644 bits per heavy atom. The number of hydrogen-bond donors (Lipinski definition) is 1. The van der Waals surface area contributed by atoms with Crippen LogP contribution in [0.5, 0.6) is 17.5 Å². The van der Waals surface area contributed by atoms with E-state index in [1.165, 1.54) is 0 Å². The van der Waals surface area contributed by atoms with Gasteiger partial charge in [0.25, 0.3) is 0 Å². The summed E-state index contributed by atoms with van der Waals surface area (Å²) in [5, 5.41) is 2.78. The average molecular weight is 603 g/mol. The second kappa shape index (κ2) is 14.9. The molecule has 1 amide bonds. The number of rotatable bonds is 12. The monoisotopic (exact) mass is 602 g/mol. The number of alkyl carbamates (subject to hydrolysis) is 1. The Balaban J connectivity index is 1.25. The van der Waals surface area contributed by atoms with Crippen molar-refractivity contribution in [3.63, 3.8) is 0 Å². The van der Waals surface area contributed by atoms with Crippen molar-refractivity contribution in [3.8, 4) is 28.6 Å². The lowest BCUT2D eigenvalue weighted by atomic mass is 10.1. The van der Waals surface area contributed by atoms with Gasteiger partial charge in [0.15, 0.2) is 0 Å². The van der Waals surface area contributed by atoms with Crippen LogP contribution in [0.3, 0.4) is 0 Å². The number of hydrogen-bond acceptors (Lipinski definition) is 6. The van der Waals surface area contributed by atoms with Crippen LogP contribution in [0.1, 0.15) is 43.0 Å². The van der Waals surface area contributed by atoms with Crippen molar-refractivity contribution in [2.75, 3.05) is 0 Å². The molecule has 0 fully saturated rings. The normalized spacial score (nSPS) is 11.0. The van der Waals surface area contributed by atoms with E-state index in [0.717, 1.165) is 39.1 Å². The Bertz CT molecular complexity index is 1670. The van der Waals surface area contributed by atoms with E-state index in [2.05, 4.69) is 5.32 Å². The van der Waals surface area contributed by atoms with E-state index in [4.69, 9.17) is 23.9 Å². The molecule has 7 nitrogen and oxygen atoms in total. The minimum absolute atomic E-state index is 0.377. The predicted molar refractivity (Wildman–Crippen MR) is 175 cm³/mol. The van der Waals surface area contributed by atoms with E-state index in [-0.39, 0.29) is 0 Å². The van der Waals surface area contributed by atoms with Crippen LogP contribution in [0.4, 0.5) is 4.79 Å². The fourth-order valence-electron chi connectivity index (χ4n) is 4.45. The lowest BCUT2D eigenvalue weighted by Crippen LogP contribution is -2.32. The Morgan fingerprint density at radius 2 is 1.24 bits per heavy atom. The number of ether oxygens (including phenoxy) is 4. The van der Waals surface area contributed by atoms with Gasteiger partial charge in [0.05, 0.1) is 0 Å². The predicted octanol–water partition coefficient (Wildman–Crippen LogP) is 8.51. The van der Waals surface area contributed by atoms with Gasteiger partial charge in [-0.3, -0.25) is 0 Å². The number of carbonyl (C=O) groups is 1. The van der Waals surface area contributed by atoms with Gasteiger partial charge in [-0.05, 0) is 66.8 Å². The quantitative estimate of drug-likeness (QED) is 0.154. The van der Waals surface area contributed by atoms with Crippen molar-refractivity contribution in [2.45, 2.75) is 52.7 Å². The summed E-state index contributed by atoms with van der Waals surface area (Å²) in [5.41, 5.74) is 5.31. The molecule has 5 aromatic rings. The maximum atomic E-state index is 11.9. The lowest BCUT2D eigenvalue weighted by Gasteiger charge is -2.19. The Morgan fingerprint density at radius 3 is 1.91 bits per heavy atom. The van der Waals surface area contributed by atoms with Gasteiger partial charge in [0.1, 0.15) is 31.2 Å². The molecule has 0 radical (unpaired) electrons. The molecule has 0 saturated carbocycles. The molecule has 0 saturated heterocycles. The van der Waals surface area contributed by atoms with E-state index >= 15 is 0 Å². The zero-order valence-corrected chi connectivity index (χ0v) is 25.9. The fourth-order valence-corrected chi connectivity index (χ4v) is 4.45. The van der Waals surface area contributed by atoms with Gasteiger partial charge in [-0.15, -0.1) is 0 Å². The van der Waals surface area contributed by atoms with E-state index < -0.39 is 11.7 Å². The van der Waals surface area contributed by atoms with Gasteiger partial charge in [-0.2, -0.15) is 4.98 Å². The van der Waals surface area contributed by atoms with Crippen molar-refractivity contribution in [1.29, 1.82) is 0 Å². The lowest BCUT2D eigenvalue weighted by molar-refractivity contribution is 0.0523. The molecular weight excluding hydrogens is 564 g/mol. The fraction of sp³-hybridized carbons (Fsp3) is 0.211. The summed E-state index contributed by atoms with van der Waals surface area (Å²) in [5.74, 6) is 1.70. The van der Waals surface area contributed by atoms with Gasteiger partial charge in [-0.1, -0.05) is 97.1 Å². The van der Waals surface area contributed by atoms with Crippen LogP contribution in [0.2, 0.25) is 0 Å². The van der Waals surface area contributed by atoms with Gasteiger partial charge < -0.3 is 24.3 Å². The van der Waals surface area contributed by atoms with Crippen LogP contribution in [-0.2, 0) is 31.1 Å². The zero-order chi connectivity index (χ0) is 31.5. The first-order valence-corrected chi connectivity index (χ1v) is 14.9. The number of benzene rings is 4. The maximum Gasteiger partial charge on any atom is 0.407 e. The van der Waals surface area contributed by atoms with Crippen LogP contribution < -0.4 is 19.5 Å². The van der Waals surface area contributed by atoms with Gasteiger partial charge >= 0.3 is 6.09 Å². The molecule has 45 heavy (non-hydrogen) atoms. The Kier molecular flexibility index (Phi) is 10.3. The SMILES string of the molecule is CC(C)(C)OC(=O)NCc1ccc(COc2cccc(-c3ccc(OCc4ccccc4)nc3OCc3ccccc3)c2)cc1. The molecule has 1 heterocycles. The summed E-state index contributed by atoms with van der Waals surface area (Å²) in [7, 11) is 0. The van der Waals surface area contributed by atoms with Crippen molar-refractivity contribution in [3.05, 3.63) is 144 Å². The highest BCUT2D eigenvalue weighted by Gasteiger charge is 2.16. The van der Waals surface area contributed by atoms with Crippen molar-refractivity contribution < 1.29 is 23.7 Å². The topological polar surface area (TPSA) is 78.9 Å². The molecule has 0 atom stereocenters. The highest BCUT2D eigenvalue weighted by molar-refractivity contribution is 5.70. The van der Waals surface area contributed by atoms with Gasteiger partial charge in [-0.25, -0.2) is 4.79 Å². The summed E-state index contributed by atoms with van der Waals surface area (Å²) in [6.07, 6.45) is -0.437. The second-order valence-corrected chi connectivity index (χ2v) is 11.5. The minimum atomic E-state index is -0.532. The summed E-state index contributed by atoms with van der Waals surface area (Å²) < 4.78 is 23.7. The van der Waals surface area contributed by atoms with Crippen LogP contribution >= 0.6 is 0 Å². The molecule has 4 aromatic carbocycles. The smallest absolute Gasteiger partial charge is 0.407 e. The van der Waals surface area contributed by atoms with E-state index in [1.54, 1.807) is 0 Å². The first-order valence-electron chi connectivity index (χ1n) is 14.9. The van der Waals surface area contributed by atoms with Crippen molar-refractivity contribution in [2.24, 2.45) is 0 Å². The van der Waals surface area contributed by atoms with E-state index in [9.17, 15) is 4.79 Å². The molecule has 5 rings (SSSR count). The number of pyridine rings is 1. The molecule has 0 unspecified atom stereocenters. The minimum Gasteiger partial charge on any atom is -0.489 e. The number of amides is 1. The molecule has 0 aliphatic heterocycles. The molecule has 0 aliphatic carbocycles. The number of nitrogens with one attached hydrogen (secondary N) is 1. The van der Waals surface area contributed by atoms with E-state index in [0.29, 0.717) is 38.1 Å². The second-order valence-electron chi connectivity index (χ2n) is 11.5. The summed E-state index contributed by atoms with van der Waals surface area (Å²) in [6.45, 7) is 7.09. The Hall–Kier alpha value is -5.30. The Labute approximate surface area is 264 Å². The highest BCUT2D eigenvalue weighted by Crippen LogP contribution is 2.33. The molecule has 0 spiro atoms. The zero-order valence-electron chi connectivity index (χ0n) is 25.9. The van der Waals surface area contributed by atoms with Crippen LogP contribution in [0.15, 0.2) is 121 Å². The first-order chi connectivity index (χ1) is 21.8. The summed E-state index contributed by atoms with van der Waals surface area (Å²) in [6, 6.07) is 39.6. The van der Waals surface area contributed by atoms with Crippen LogP contribution in [0, 0.1) is 0 Å². The summed E-state index contributed by atoms with van der Waals surface area (Å²) in [4.78, 5) is 16.7. The molecule has 0 aliphatic rings. The molecule has 0 bridgehead atoms. The number of aromatic nitrogens is 1. The third-order valence-corrected chi connectivity index (χ3v) is 6.69. The molecule has 7 heteroatoms. The average Bonchev–Trinajstić information content (AvgIpc) is 3.05. The van der Waals surface area contributed by atoms with Crippen LogP contribution in [-0.4, -0.2) is 16.7 Å². The van der Waals surface area contributed by atoms with E-state index in [1.807, 2.05) is 142 Å². The molecule has 1 aromatic heterocycles. The third kappa shape index (κ3) is 9.86. The maximum absolute atomic E-state index is 11.9. The van der Waals surface area contributed by atoms with Crippen LogP contribution in [0.25, 0.3) is 11.1 Å². The number of nitrogens with zero attached hydrogens (tertiary/aromatic N) is 1. The number of carbonyl (C=O) groups excluding carboxylic acids is 1. The van der Waals surface area contributed by atoms with Crippen molar-refractivity contribution in [1.82, 2.24) is 10.3 Å². The molecule has 1 N–H and O–H groups in total.